The normalized spacial score (nSPS) is 20.4. The van der Waals surface area contributed by atoms with Gasteiger partial charge < -0.3 is 19.9 Å². The second-order valence-electron chi connectivity index (χ2n) is 6.35. The van der Waals surface area contributed by atoms with Crippen LogP contribution in [0, 0.1) is 5.41 Å². The van der Waals surface area contributed by atoms with Crippen LogP contribution in [-0.2, 0) is 6.54 Å². The summed E-state index contributed by atoms with van der Waals surface area (Å²) in [6.07, 6.45) is 1.18. The third kappa shape index (κ3) is 5.53. The van der Waals surface area contributed by atoms with E-state index in [1.807, 2.05) is 18.2 Å². The Labute approximate surface area is 145 Å². The van der Waals surface area contributed by atoms with Gasteiger partial charge in [-0.3, -0.25) is 4.90 Å². The first-order valence-corrected chi connectivity index (χ1v) is 7.85. The zero-order valence-corrected chi connectivity index (χ0v) is 15.1. The zero-order valence-electron chi connectivity index (χ0n) is 14.3. The molecule has 1 aromatic carbocycles. The van der Waals surface area contributed by atoms with Crippen molar-refractivity contribution in [3.63, 3.8) is 0 Å². The lowest BCUT2D eigenvalue weighted by Crippen LogP contribution is -2.38. The molecular formula is C17H29ClN2O3. The predicted molar refractivity (Wildman–Crippen MR) is 94.8 cm³/mol. The van der Waals surface area contributed by atoms with Gasteiger partial charge in [0.2, 0.25) is 0 Å². The van der Waals surface area contributed by atoms with Crippen molar-refractivity contribution in [1.82, 2.24) is 10.2 Å². The van der Waals surface area contributed by atoms with Gasteiger partial charge in [0, 0.05) is 37.8 Å². The highest BCUT2D eigenvalue weighted by atomic mass is 35.5. The van der Waals surface area contributed by atoms with Crippen molar-refractivity contribution in [2.45, 2.75) is 19.9 Å². The topological polar surface area (TPSA) is 54.0 Å². The molecule has 1 aliphatic heterocycles. The van der Waals surface area contributed by atoms with Crippen LogP contribution in [0.3, 0.4) is 0 Å². The van der Waals surface area contributed by atoms with Gasteiger partial charge in [0.05, 0.1) is 20.8 Å². The molecule has 6 heteroatoms. The number of hydrogen-bond acceptors (Lipinski definition) is 5. The molecular weight excluding hydrogens is 316 g/mol. The predicted octanol–water partition coefficient (Wildman–Crippen LogP) is 1.92. The summed E-state index contributed by atoms with van der Waals surface area (Å²) < 4.78 is 10.7. The van der Waals surface area contributed by atoms with E-state index in [1.54, 1.807) is 14.2 Å². The van der Waals surface area contributed by atoms with E-state index in [1.165, 1.54) is 6.42 Å². The van der Waals surface area contributed by atoms with E-state index >= 15 is 0 Å². The summed E-state index contributed by atoms with van der Waals surface area (Å²) in [5, 5.41) is 12.8. The Morgan fingerprint density at radius 3 is 2.65 bits per heavy atom. The van der Waals surface area contributed by atoms with Crippen LogP contribution in [0.25, 0.3) is 0 Å². The standard InChI is InChI=1S/C17H28N2O3.ClH/c1-17(6-7-18-12-17)13-19(8-9-20)11-14-4-5-15(21-2)10-16(14)22-3;/h4-5,10,18,20H,6-9,11-13H2,1-3H3;1H. The molecule has 2 rings (SSSR count). The SMILES string of the molecule is COc1ccc(CN(CCO)CC2(C)CCNC2)c(OC)c1.Cl. The summed E-state index contributed by atoms with van der Waals surface area (Å²) in [7, 11) is 3.33. The number of hydrogen-bond donors (Lipinski definition) is 2. The van der Waals surface area contributed by atoms with Crippen molar-refractivity contribution in [1.29, 1.82) is 0 Å². The number of methoxy groups -OCH3 is 2. The molecule has 2 N–H and O–H groups in total. The van der Waals surface area contributed by atoms with Gasteiger partial charge in [-0.2, -0.15) is 0 Å². The van der Waals surface area contributed by atoms with Gasteiger partial charge in [-0.15, -0.1) is 12.4 Å². The second-order valence-corrected chi connectivity index (χ2v) is 6.35. The van der Waals surface area contributed by atoms with Crippen LogP contribution in [0.15, 0.2) is 18.2 Å². The number of nitrogens with zero attached hydrogens (tertiary/aromatic N) is 1. The molecule has 1 unspecified atom stereocenters. The fourth-order valence-corrected chi connectivity index (χ4v) is 3.12. The smallest absolute Gasteiger partial charge is 0.127 e. The Kier molecular flexibility index (Phi) is 8.12. The van der Waals surface area contributed by atoms with E-state index in [0.717, 1.165) is 43.2 Å². The third-order valence-electron chi connectivity index (χ3n) is 4.37. The number of halogens is 1. The molecule has 0 radical (unpaired) electrons. The van der Waals surface area contributed by atoms with Crippen molar-refractivity contribution in [3.8, 4) is 11.5 Å². The molecule has 0 aliphatic carbocycles. The molecule has 0 aromatic heterocycles. The first-order chi connectivity index (χ1) is 10.6. The van der Waals surface area contributed by atoms with E-state index < -0.39 is 0 Å². The lowest BCUT2D eigenvalue weighted by Gasteiger charge is -2.32. The van der Waals surface area contributed by atoms with E-state index in [9.17, 15) is 5.11 Å². The molecule has 0 amide bonds. The Hall–Kier alpha value is -1.01. The molecule has 1 heterocycles. The van der Waals surface area contributed by atoms with Gasteiger partial charge in [0.15, 0.2) is 0 Å². The maximum Gasteiger partial charge on any atom is 0.127 e. The first-order valence-electron chi connectivity index (χ1n) is 7.85. The maximum atomic E-state index is 9.37. The van der Waals surface area contributed by atoms with Gasteiger partial charge in [0.25, 0.3) is 0 Å². The van der Waals surface area contributed by atoms with Crippen molar-refractivity contribution in [2.75, 3.05) is 47.0 Å². The molecule has 0 bridgehead atoms. The van der Waals surface area contributed by atoms with Gasteiger partial charge in [-0.25, -0.2) is 0 Å². The summed E-state index contributed by atoms with van der Waals surface area (Å²) >= 11 is 0. The van der Waals surface area contributed by atoms with Crippen molar-refractivity contribution in [2.24, 2.45) is 5.41 Å². The van der Waals surface area contributed by atoms with Crippen LogP contribution in [0.1, 0.15) is 18.9 Å². The fraction of sp³-hybridized carbons (Fsp3) is 0.647. The Morgan fingerprint density at radius 2 is 2.09 bits per heavy atom. The van der Waals surface area contributed by atoms with Crippen molar-refractivity contribution in [3.05, 3.63) is 23.8 Å². The molecule has 0 spiro atoms. The number of benzene rings is 1. The van der Waals surface area contributed by atoms with Crippen LogP contribution in [0.4, 0.5) is 0 Å². The van der Waals surface area contributed by atoms with Crippen LogP contribution in [-0.4, -0.2) is 57.0 Å². The number of rotatable bonds is 8. The van der Waals surface area contributed by atoms with E-state index in [0.29, 0.717) is 6.54 Å². The second kappa shape index (κ2) is 9.33. The monoisotopic (exact) mass is 344 g/mol. The van der Waals surface area contributed by atoms with Crippen LogP contribution >= 0.6 is 12.4 Å². The highest BCUT2D eigenvalue weighted by molar-refractivity contribution is 5.85. The minimum atomic E-state index is 0. The molecule has 1 aromatic rings. The average Bonchev–Trinajstić information content (AvgIpc) is 2.94. The van der Waals surface area contributed by atoms with Crippen LogP contribution in [0.5, 0.6) is 11.5 Å². The van der Waals surface area contributed by atoms with Crippen molar-refractivity contribution >= 4 is 12.4 Å². The molecule has 23 heavy (non-hydrogen) atoms. The average molecular weight is 345 g/mol. The molecule has 1 aliphatic rings. The third-order valence-corrected chi connectivity index (χ3v) is 4.37. The lowest BCUT2D eigenvalue weighted by molar-refractivity contribution is 0.136. The summed E-state index contributed by atoms with van der Waals surface area (Å²) in [6.45, 7) is 7.00. The molecule has 0 saturated carbocycles. The molecule has 132 valence electrons. The van der Waals surface area contributed by atoms with Gasteiger partial charge in [-0.05, 0) is 24.4 Å². The Balaban J connectivity index is 0.00000264. The molecule has 1 saturated heterocycles. The minimum absolute atomic E-state index is 0. The molecule has 1 fully saturated rings. The largest absolute Gasteiger partial charge is 0.497 e. The summed E-state index contributed by atoms with van der Waals surface area (Å²) in [5.74, 6) is 1.62. The van der Waals surface area contributed by atoms with Gasteiger partial charge in [0.1, 0.15) is 11.5 Å². The lowest BCUT2D eigenvalue weighted by atomic mass is 9.89. The number of aliphatic hydroxyl groups excluding tert-OH is 1. The van der Waals surface area contributed by atoms with Gasteiger partial charge >= 0.3 is 0 Å². The number of nitrogens with one attached hydrogen (secondary N) is 1. The van der Waals surface area contributed by atoms with E-state index in [-0.39, 0.29) is 24.4 Å². The quantitative estimate of drug-likeness (QED) is 0.754. The number of ether oxygens (including phenoxy) is 2. The van der Waals surface area contributed by atoms with Crippen molar-refractivity contribution < 1.29 is 14.6 Å². The van der Waals surface area contributed by atoms with Crippen LogP contribution < -0.4 is 14.8 Å². The summed E-state index contributed by atoms with van der Waals surface area (Å²) in [6, 6.07) is 5.90. The molecule has 1 atom stereocenters. The maximum absolute atomic E-state index is 9.37. The summed E-state index contributed by atoms with van der Waals surface area (Å²) in [4.78, 5) is 2.30. The van der Waals surface area contributed by atoms with E-state index in [4.69, 9.17) is 9.47 Å². The molecule has 5 nitrogen and oxygen atoms in total. The Bertz CT molecular complexity index is 479. The zero-order chi connectivity index (χ0) is 16.0. The number of aliphatic hydroxyl groups is 1. The highest BCUT2D eigenvalue weighted by Gasteiger charge is 2.30. The van der Waals surface area contributed by atoms with Crippen LogP contribution in [0.2, 0.25) is 0 Å². The van der Waals surface area contributed by atoms with Gasteiger partial charge in [-0.1, -0.05) is 13.0 Å². The van der Waals surface area contributed by atoms with E-state index in [2.05, 4.69) is 17.1 Å². The minimum Gasteiger partial charge on any atom is -0.497 e. The Morgan fingerprint density at radius 1 is 1.30 bits per heavy atom. The first kappa shape index (κ1) is 20.0. The summed E-state index contributed by atoms with van der Waals surface area (Å²) in [5.41, 5.74) is 1.39. The highest BCUT2D eigenvalue weighted by Crippen LogP contribution is 2.29. The fourth-order valence-electron chi connectivity index (χ4n) is 3.12.